The molecule has 0 aromatic heterocycles. The number of benzene rings is 1. The van der Waals surface area contributed by atoms with Gasteiger partial charge in [0.1, 0.15) is 5.75 Å². The van der Waals surface area contributed by atoms with E-state index in [0.717, 1.165) is 5.56 Å². The smallest absolute Gasteiger partial charge is 0.409 e. The molecule has 0 fully saturated rings. The molecule has 0 unspecified atom stereocenters. The Morgan fingerprint density at radius 1 is 1.44 bits per heavy atom. The zero-order valence-corrected chi connectivity index (χ0v) is 9.36. The van der Waals surface area contributed by atoms with Crippen LogP contribution in [0, 0.1) is 6.92 Å². The summed E-state index contributed by atoms with van der Waals surface area (Å²) in [4.78, 5) is 11.2. The number of nitrogens with two attached hydrogens (primary N) is 1. The first-order valence-electron chi connectivity index (χ1n) is 4.89. The van der Waals surface area contributed by atoms with Gasteiger partial charge in [0.05, 0.1) is 0 Å². The molecule has 0 heterocycles. The number of amides is 1. The number of rotatable bonds is 3. The van der Waals surface area contributed by atoms with Gasteiger partial charge in [-0.1, -0.05) is 17.7 Å². The minimum atomic E-state index is -0.628. The molecule has 0 atom stereocenters. The molecule has 0 aliphatic rings. The van der Waals surface area contributed by atoms with Crippen LogP contribution in [-0.2, 0) is 0 Å². The first-order valence-corrected chi connectivity index (χ1v) is 4.89. The highest BCUT2D eigenvalue weighted by Crippen LogP contribution is 2.11. The third-order valence-corrected chi connectivity index (χ3v) is 1.86. The van der Waals surface area contributed by atoms with Gasteiger partial charge in [0.2, 0.25) is 0 Å². The number of carbonyl (C=O) groups excluding carboxylic acids is 1. The van der Waals surface area contributed by atoms with E-state index in [9.17, 15) is 4.79 Å². The number of hydrogen-bond donors (Lipinski definition) is 2. The first kappa shape index (κ1) is 12.2. The molecule has 0 bridgehead atoms. The third-order valence-electron chi connectivity index (χ3n) is 1.86. The summed E-state index contributed by atoms with van der Waals surface area (Å²) in [5.41, 5.74) is 9.28. The molecule has 5 nitrogen and oxygen atoms in total. The quantitative estimate of drug-likeness (QED) is 0.598. The Bertz CT molecular complexity index is 385. The Labute approximate surface area is 94.3 Å². The topological polar surface area (TPSA) is 76.7 Å². The average molecular weight is 221 g/mol. The number of nitrogens with one attached hydrogen (secondary N) is 1. The van der Waals surface area contributed by atoms with Gasteiger partial charge in [0.25, 0.3) is 0 Å². The molecule has 1 amide bonds. The van der Waals surface area contributed by atoms with Crippen LogP contribution in [-0.4, -0.2) is 18.3 Å². The predicted molar refractivity (Wildman–Crippen MR) is 62.5 cm³/mol. The minimum Gasteiger partial charge on any atom is -0.409 e. The largest absolute Gasteiger partial charge is 0.433 e. The van der Waals surface area contributed by atoms with Crippen molar-refractivity contribution in [2.75, 3.05) is 6.54 Å². The van der Waals surface area contributed by atoms with Crippen LogP contribution in [0.5, 0.6) is 5.75 Å². The molecule has 1 aromatic carbocycles. The van der Waals surface area contributed by atoms with Crippen LogP contribution in [0.4, 0.5) is 4.79 Å². The first-order chi connectivity index (χ1) is 7.61. The van der Waals surface area contributed by atoms with E-state index in [1.807, 2.05) is 19.1 Å². The van der Waals surface area contributed by atoms with Crippen LogP contribution < -0.4 is 15.9 Å². The van der Waals surface area contributed by atoms with Crippen molar-refractivity contribution in [1.82, 2.24) is 5.43 Å². The van der Waals surface area contributed by atoms with E-state index in [4.69, 9.17) is 10.5 Å². The number of hydrazone groups is 1. The minimum absolute atomic E-state index is 0.296. The lowest BCUT2D eigenvalue weighted by Crippen LogP contribution is -2.24. The molecule has 3 N–H and O–H groups in total. The van der Waals surface area contributed by atoms with Crippen molar-refractivity contribution in [3.63, 3.8) is 0 Å². The zero-order valence-electron chi connectivity index (χ0n) is 9.36. The number of hydrogen-bond acceptors (Lipinski definition) is 4. The van der Waals surface area contributed by atoms with Crippen molar-refractivity contribution < 1.29 is 9.53 Å². The Kier molecular flexibility index (Phi) is 4.47. The number of nitrogens with zero attached hydrogens (tertiary/aromatic N) is 1. The summed E-state index contributed by atoms with van der Waals surface area (Å²) in [5.74, 6) is 0.476. The molecule has 0 aliphatic carbocycles. The second-order valence-electron chi connectivity index (χ2n) is 3.37. The van der Waals surface area contributed by atoms with Crippen molar-refractivity contribution in [3.8, 4) is 5.75 Å². The van der Waals surface area contributed by atoms with Crippen LogP contribution in [0.25, 0.3) is 0 Å². The molecule has 5 heteroatoms. The standard InChI is InChI=1S/C11H15N3O2/c1-8-3-5-10(6-4-8)16-11(15)14-13-9(2)7-12/h3-6H,7,12H2,1-2H3,(H,14,15)/b13-9+. The van der Waals surface area contributed by atoms with E-state index in [1.165, 1.54) is 0 Å². The van der Waals surface area contributed by atoms with Gasteiger partial charge in [-0.15, -0.1) is 0 Å². The Hall–Kier alpha value is -1.88. The van der Waals surface area contributed by atoms with Crippen LogP contribution in [0.15, 0.2) is 29.4 Å². The SMILES string of the molecule is C/C(CN)=N\NC(=O)Oc1ccc(C)cc1. The van der Waals surface area contributed by atoms with E-state index in [-0.39, 0.29) is 0 Å². The molecule has 0 saturated heterocycles. The molecule has 16 heavy (non-hydrogen) atoms. The van der Waals surface area contributed by atoms with Gasteiger partial charge in [0, 0.05) is 12.3 Å². The van der Waals surface area contributed by atoms with Gasteiger partial charge >= 0.3 is 6.09 Å². The Morgan fingerprint density at radius 2 is 2.06 bits per heavy atom. The summed E-state index contributed by atoms with van der Waals surface area (Å²) < 4.78 is 4.97. The summed E-state index contributed by atoms with van der Waals surface area (Å²) in [6.45, 7) is 3.97. The summed E-state index contributed by atoms with van der Waals surface area (Å²) in [6.07, 6.45) is -0.628. The second-order valence-corrected chi connectivity index (χ2v) is 3.37. The molecule has 1 aromatic rings. The summed E-state index contributed by atoms with van der Waals surface area (Å²) >= 11 is 0. The molecule has 0 aliphatic heterocycles. The van der Waals surface area contributed by atoms with Crippen LogP contribution in [0.1, 0.15) is 12.5 Å². The van der Waals surface area contributed by atoms with Gasteiger partial charge < -0.3 is 10.5 Å². The highest BCUT2D eigenvalue weighted by atomic mass is 16.6. The van der Waals surface area contributed by atoms with E-state index in [0.29, 0.717) is 18.0 Å². The fraction of sp³-hybridized carbons (Fsp3) is 0.273. The van der Waals surface area contributed by atoms with Gasteiger partial charge in [0.15, 0.2) is 0 Å². The normalized spacial score (nSPS) is 11.1. The lowest BCUT2D eigenvalue weighted by atomic mass is 10.2. The highest BCUT2D eigenvalue weighted by Gasteiger charge is 2.02. The van der Waals surface area contributed by atoms with E-state index in [1.54, 1.807) is 19.1 Å². The van der Waals surface area contributed by atoms with Gasteiger partial charge in [-0.2, -0.15) is 5.10 Å². The van der Waals surface area contributed by atoms with Gasteiger partial charge in [-0.05, 0) is 26.0 Å². The maximum atomic E-state index is 11.2. The fourth-order valence-corrected chi connectivity index (χ4v) is 0.923. The second kappa shape index (κ2) is 5.87. The van der Waals surface area contributed by atoms with E-state index in [2.05, 4.69) is 10.5 Å². The number of ether oxygens (including phenoxy) is 1. The number of aryl methyl sites for hydroxylation is 1. The molecular formula is C11H15N3O2. The summed E-state index contributed by atoms with van der Waals surface area (Å²) in [5, 5.41) is 3.72. The predicted octanol–water partition coefficient (Wildman–Crippen LogP) is 1.42. The van der Waals surface area contributed by atoms with E-state index >= 15 is 0 Å². The molecule has 86 valence electrons. The zero-order chi connectivity index (χ0) is 12.0. The highest BCUT2D eigenvalue weighted by molar-refractivity contribution is 5.84. The Morgan fingerprint density at radius 3 is 2.62 bits per heavy atom. The van der Waals surface area contributed by atoms with Crippen LogP contribution in [0.3, 0.4) is 0 Å². The van der Waals surface area contributed by atoms with Crippen molar-refractivity contribution >= 4 is 11.8 Å². The maximum Gasteiger partial charge on any atom is 0.433 e. The fourth-order valence-electron chi connectivity index (χ4n) is 0.923. The average Bonchev–Trinajstić information content (AvgIpc) is 2.29. The summed E-state index contributed by atoms with van der Waals surface area (Å²) in [7, 11) is 0. The van der Waals surface area contributed by atoms with Crippen LogP contribution >= 0.6 is 0 Å². The van der Waals surface area contributed by atoms with Crippen molar-refractivity contribution in [3.05, 3.63) is 29.8 Å². The van der Waals surface area contributed by atoms with Crippen LogP contribution in [0.2, 0.25) is 0 Å². The van der Waals surface area contributed by atoms with E-state index < -0.39 is 6.09 Å². The van der Waals surface area contributed by atoms with Crippen molar-refractivity contribution in [2.45, 2.75) is 13.8 Å². The molecule has 1 rings (SSSR count). The third kappa shape index (κ3) is 4.10. The summed E-state index contributed by atoms with van der Waals surface area (Å²) in [6, 6.07) is 7.15. The lowest BCUT2D eigenvalue weighted by molar-refractivity contribution is 0.201. The number of carbonyl (C=O) groups is 1. The maximum absolute atomic E-state index is 11.2. The monoisotopic (exact) mass is 221 g/mol. The molecular weight excluding hydrogens is 206 g/mol. The van der Waals surface area contributed by atoms with Gasteiger partial charge in [-0.3, -0.25) is 0 Å². The lowest BCUT2D eigenvalue weighted by Gasteiger charge is -2.03. The van der Waals surface area contributed by atoms with Crippen molar-refractivity contribution in [2.24, 2.45) is 10.8 Å². The van der Waals surface area contributed by atoms with Crippen molar-refractivity contribution in [1.29, 1.82) is 0 Å². The molecule has 0 saturated carbocycles. The Balaban J connectivity index is 2.49. The van der Waals surface area contributed by atoms with Gasteiger partial charge in [-0.25, -0.2) is 10.2 Å². The molecule has 0 radical (unpaired) electrons. The molecule has 0 spiro atoms.